The standard InChI is InChI=1S/C38H76NO8P/c1-3-5-7-9-11-13-15-16-17-18-19-20-21-23-25-27-29-31-38(41)47-36(35-46-48(42,43)45-33-32-39)34-44-37(40)30-28-26-24-22-14-12-10-8-6-4-2/h36H,3-35,39H2,1-2H3,(H,42,43). The van der Waals surface area contributed by atoms with Crippen molar-refractivity contribution in [2.75, 3.05) is 26.4 Å². The molecule has 48 heavy (non-hydrogen) atoms. The van der Waals surface area contributed by atoms with Crippen LogP contribution in [0.2, 0.25) is 0 Å². The predicted octanol–water partition coefficient (Wildman–Crippen LogP) is 10.9. The Morgan fingerprint density at radius 2 is 0.896 bits per heavy atom. The molecular weight excluding hydrogens is 629 g/mol. The first kappa shape index (κ1) is 47.0. The van der Waals surface area contributed by atoms with Crippen LogP contribution in [-0.4, -0.2) is 49.3 Å². The maximum absolute atomic E-state index is 12.5. The minimum absolute atomic E-state index is 0.0578. The van der Waals surface area contributed by atoms with Crippen molar-refractivity contribution in [3.63, 3.8) is 0 Å². The van der Waals surface area contributed by atoms with Gasteiger partial charge in [-0.2, -0.15) is 0 Å². The lowest BCUT2D eigenvalue weighted by Gasteiger charge is -2.19. The SMILES string of the molecule is CCCCCCCCCCCCCCCCCCCC(=O)OC(COC(=O)CCCCCCCCCCCC)COP(=O)(O)OCCN. The molecule has 0 aromatic carbocycles. The molecule has 0 amide bonds. The van der Waals surface area contributed by atoms with Crippen molar-refractivity contribution in [3.05, 3.63) is 0 Å². The summed E-state index contributed by atoms with van der Waals surface area (Å²) in [6.07, 6.45) is 32.8. The van der Waals surface area contributed by atoms with Gasteiger partial charge in [0.2, 0.25) is 0 Å². The summed E-state index contributed by atoms with van der Waals surface area (Å²) in [5.41, 5.74) is 5.33. The van der Waals surface area contributed by atoms with Gasteiger partial charge in [-0.25, -0.2) is 4.57 Å². The minimum atomic E-state index is -4.36. The number of unbranched alkanes of at least 4 members (excludes halogenated alkanes) is 25. The maximum atomic E-state index is 12.5. The number of carbonyl (C=O) groups excluding carboxylic acids is 2. The van der Waals surface area contributed by atoms with Gasteiger partial charge in [-0.3, -0.25) is 18.6 Å². The lowest BCUT2D eigenvalue weighted by atomic mass is 10.0. The molecule has 0 saturated carbocycles. The maximum Gasteiger partial charge on any atom is 0.472 e. The van der Waals surface area contributed by atoms with Crippen molar-refractivity contribution in [1.29, 1.82) is 0 Å². The van der Waals surface area contributed by atoms with Gasteiger partial charge < -0.3 is 20.1 Å². The summed E-state index contributed by atoms with van der Waals surface area (Å²) in [5, 5.41) is 0. The van der Waals surface area contributed by atoms with Crippen LogP contribution in [0.15, 0.2) is 0 Å². The second kappa shape index (κ2) is 35.8. The van der Waals surface area contributed by atoms with Crippen LogP contribution in [0.1, 0.15) is 200 Å². The fourth-order valence-corrected chi connectivity index (χ4v) is 6.52. The van der Waals surface area contributed by atoms with Crippen LogP contribution in [-0.2, 0) is 32.7 Å². The van der Waals surface area contributed by atoms with Crippen molar-refractivity contribution in [2.24, 2.45) is 5.73 Å². The van der Waals surface area contributed by atoms with Crippen molar-refractivity contribution in [1.82, 2.24) is 0 Å². The van der Waals surface area contributed by atoms with E-state index < -0.39 is 26.5 Å². The molecular formula is C38H76NO8P. The van der Waals surface area contributed by atoms with Crippen LogP contribution >= 0.6 is 7.82 Å². The van der Waals surface area contributed by atoms with E-state index in [0.29, 0.717) is 6.42 Å². The number of phosphoric acid groups is 1. The molecule has 0 aliphatic rings. The summed E-state index contributed by atoms with van der Waals surface area (Å²) in [6, 6.07) is 0. The Morgan fingerprint density at radius 1 is 0.542 bits per heavy atom. The lowest BCUT2D eigenvalue weighted by molar-refractivity contribution is -0.161. The second-order valence-corrected chi connectivity index (χ2v) is 15.0. The molecule has 0 heterocycles. The number of phosphoric ester groups is 1. The molecule has 10 heteroatoms. The molecule has 0 aromatic heterocycles. The number of nitrogens with two attached hydrogens (primary N) is 1. The number of carbonyl (C=O) groups is 2. The van der Waals surface area contributed by atoms with E-state index in [1.54, 1.807) is 0 Å². The van der Waals surface area contributed by atoms with Gasteiger partial charge in [0.25, 0.3) is 0 Å². The van der Waals surface area contributed by atoms with Gasteiger partial charge in [-0.05, 0) is 12.8 Å². The van der Waals surface area contributed by atoms with Gasteiger partial charge in [-0.15, -0.1) is 0 Å². The van der Waals surface area contributed by atoms with Crippen LogP contribution in [0.25, 0.3) is 0 Å². The number of hydrogen-bond acceptors (Lipinski definition) is 8. The molecule has 286 valence electrons. The Balaban J connectivity index is 4.12. The third-order valence-electron chi connectivity index (χ3n) is 8.74. The van der Waals surface area contributed by atoms with Gasteiger partial charge in [0.1, 0.15) is 6.61 Å². The number of hydrogen-bond donors (Lipinski definition) is 2. The lowest BCUT2D eigenvalue weighted by Crippen LogP contribution is -2.29. The molecule has 0 aliphatic heterocycles. The summed E-state index contributed by atoms with van der Waals surface area (Å²) < 4.78 is 32.7. The highest BCUT2D eigenvalue weighted by atomic mass is 31.2. The Bertz CT molecular complexity index is 769. The Labute approximate surface area is 295 Å². The molecule has 0 saturated heterocycles. The van der Waals surface area contributed by atoms with Crippen LogP contribution in [0.3, 0.4) is 0 Å². The van der Waals surface area contributed by atoms with Gasteiger partial charge in [0.05, 0.1) is 13.2 Å². The first-order valence-electron chi connectivity index (χ1n) is 20.0. The molecule has 9 nitrogen and oxygen atoms in total. The van der Waals surface area contributed by atoms with Gasteiger partial charge in [0, 0.05) is 19.4 Å². The van der Waals surface area contributed by atoms with E-state index in [4.69, 9.17) is 24.3 Å². The molecule has 0 rings (SSSR count). The summed E-state index contributed by atoms with van der Waals surface area (Å²) in [5.74, 6) is -0.818. The molecule has 0 aliphatic carbocycles. The summed E-state index contributed by atoms with van der Waals surface area (Å²) in [7, 11) is -4.36. The van der Waals surface area contributed by atoms with Gasteiger partial charge >= 0.3 is 19.8 Å². The first-order valence-corrected chi connectivity index (χ1v) is 21.5. The minimum Gasteiger partial charge on any atom is -0.462 e. The topological polar surface area (TPSA) is 134 Å². The molecule has 3 N–H and O–H groups in total. The highest BCUT2D eigenvalue weighted by Crippen LogP contribution is 2.43. The number of esters is 2. The predicted molar refractivity (Wildman–Crippen MR) is 197 cm³/mol. The van der Waals surface area contributed by atoms with Crippen molar-refractivity contribution in [2.45, 2.75) is 206 Å². The Kier molecular flexibility index (Phi) is 35.1. The monoisotopic (exact) mass is 706 g/mol. The van der Waals surface area contributed by atoms with Crippen molar-refractivity contribution in [3.8, 4) is 0 Å². The summed E-state index contributed by atoms with van der Waals surface area (Å²) >= 11 is 0. The van der Waals surface area contributed by atoms with Gasteiger partial charge in [0.15, 0.2) is 6.10 Å². The largest absolute Gasteiger partial charge is 0.472 e. The second-order valence-electron chi connectivity index (χ2n) is 13.5. The highest BCUT2D eigenvalue weighted by Gasteiger charge is 2.26. The quantitative estimate of drug-likeness (QED) is 0.0365. The third-order valence-corrected chi connectivity index (χ3v) is 9.73. The molecule has 0 fully saturated rings. The zero-order valence-electron chi connectivity index (χ0n) is 31.2. The fraction of sp³-hybridized carbons (Fsp3) is 0.947. The average molecular weight is 706 g/mol. The zero-order valence-corrected chi connectivity index (χ0v) is 32.1. The van der Waals surface area contributed by atoms with Crippen molar-refractivity contribution < 1.29 is 37.6 Å². The van der Waals surface area contributed by atoms with E-state index >= 15 is 0 Å². The first-order chi connectivity index (χ1) is 23.3. The normalized spacial score (nSPS) is 13.3. The van der Waals surface area contributed by atoms with E-state index in [9.17, 15) is 19.0 Å². The van der Waals surface area contributed by atoms with E-state index in [1.165, 1.54) is 135 Å². The van der Waals surface area contributed by atoms with E-state index in [0.717, 1.165) is 32.1 Å². The zero-order chi connectivity index (χ0) is 35.4. The summed E-state index contributed by atoms with van der Waals surface area (Å²) in [4.78, 5) is 34.7. The Morgan fingerprint density at radius 3 is 1.27 bits per heavy atom. The Hall–Kier alpha value is -0.990. The van der Waals surface area contributed by atoms with Crippen molar-refractivity contribution >= 4 is 19.8 Å². The molecule has 2 unspecified atom stereocenters. The molecule has 0 bridgehead atoms. The molecule has 0 radical (unpaired) electrons. The molecule has 2 atom stereocenters. The van der Waals surface area contributed by atoms with Crippen LogP contribution in [0.5, 0.6) is 0 Å². The third kappa shape index (κ3) is 34.9. The number of rotatable bonds is 38. The molecule has 0 aromatic rings. The summed E-state index contributed by atoms with van der Waals surface area (Å²) in [6.45, 7) is 3.74. The van der Waals surface area contributed by atoms with E-state index in [-0.39, 0.29) is 38.6 Å². The van der Waals surface area contributed by atoms with E-state index in [2.05, 4.69) is 13.8 Å². The highest BCUT2D eigenvalue weighted by molar-refractivity contribution is 7.47. The van der Waals surface area contributed by atoms with Crippen LogP contribution < -0.4 is 5.73 Å². The van der Waals surface area contributed by atoms with Crippen LogP contribution in [0.4, 0.5) is 0 Å². The smallest absolute Gasteiger partial charge is 0.462 e. The molecule has 0 spiro atoms. The van der Waals surface area contributed by atoms with E-state index in [1.807, 2.05) is 0 Å². The van der Waals surface area contributed by atoms with Crippen LogP contribution in [0, 0.1) is 0 Å². The number of ether oxygens (including phenoxy) is 2. The average Bonchev–Trinajstić information content (AvgIpc) is 3.07. The fourth-order valence-electron chi connectivity index (χ4n) is 5.75. The van der Waals surface area contributed by atoms with Gasteiger partial charge in [-0.1, -0.05) is 174 Å².